The molecule has 0 radical (unpaired) electrons. The Morgan fingerprint density at radius 3 is 2.48 bits per heavy atom. The van der Waals surface area contributed by atoms with Crippen LogP contribution in [0.4, 0.5) is 5.69 Å². The molecule has 0 aliphatic rings. The number of hydrogen-bond acceptors (Lipinski definition) is 5. The third-order valence-electron chi connectivity index (χ3n) is 5.81. The van der Waals surface area contributed by atoms with Crippen molar-refractivity contribution in [2.75, 3.05) is 5.32 Å². The highest BCUT2D eigenvalue weighted by Crippen LogP contribution is 2.21. The van der Waals surface area contributed by atoms with Crippen LogP contribution in [0.25, 0.3) is 27.6 Å². The van der Waals surface area contributed by atoms with Crippen LogP contribution in [0.1, 0.15) is 25.6 Å². The van der Waals surface area contributed by atoms with Gasteiger partial charge in [0, 0.05) is 31.1 Å². The molecule has 0 unspecified atom stereocenters. The Labute approximate surface area is 187 Å². The zero-order valence-electron chi connectivity index (χ0n) is 18.7. The summed E-state index contributed by atoms with van der Waals surface area (Å²) in [6.45, 7) is 3.66. The smallest absolute Gasteiger partial charge is 0.324 e. The summed E-state index contributed by atoms with van der Waals surface area (Å²) in [6, 6.07) is 12.7. The van der Waals surface area contributed by atoms with Crippen LogP contribution < -0.4 is 16.7 Å². The van der Waals surface area contributed by atoms with Gasteiger partial charge in [-0.25, -0.2) is 23.7 Å². The zero-order chi connectivity index (χ0) is 23.4. The number of para-hydroxylation sites is 1. The summed E-state index contributed by atoms with van der Waals surface area (Å²) in [6.07, 6.45) is 0. The number of benzene rings is 2. The van der Waals surface area contributed by atoms with Gasteiger partial charge in [-0.05, 0) is 30.3 Å². The Morgan fingerprint density at radius 2 is 1.73 bits per heavy atom. The maximum Gasteiger partial charge on any atom is 0.352 e. The Bertz CT molecular complexity index is 1680. The fraction of sp³-hybridized carbons (Fsp3) is 0.261. The molecule has 0 spiro atoms. The first-order valence-corrected chi connectivity index (χ1v) is 10.6. The zero-order valence-corrected chi connectivity index (χ0v) is 18.7. The fourth-order valence-corrected chi connectivity index (χ4v) is 4.13. The predicted octanol–water partition coefficient (Wildman–Crippen LogP) is 2.00. The van der Waals surface area contributed by atoms with Crippen LogP contribution in [0.5, 0.6) is 0 Å². The highest BCUT2D eigenvalue weighted by Gasteiger charge is 2.19. The lowest BCUT2D eigenvalue weighted by molar-refractivity contribution is -0.117. The summed E-state index contributed by atoms with van der Waals surface area (Å²) in [5, 5.41) is 8.00. The predicted molar refractivity (Wildman–Crippen MR) is 126 cm³/mol. The Morgan fingerprint density at radius 1 is 1.00 bits per heavy atom. The summed E-state index contributed by atoms with van der Waals surface area (Å²) in [4.78, 5) is 42.7. The van der Waals surface area contributed by atoms with Gasteiger partial charge in [0.2, 0.25) is 5.91 Å². The molecule has 0 aliphatic heterocycles. The third-order valence-corrected chi connectivity index (χ3v) is 5.81. The first kappa shape index (κ1) is 20.7. The fourth-order valence-electron chi connectivity index (χ4n) is 4.13. The van der Waals surface area contributed by atoms with Crippen molar-refractivity contribution in [2.24, 2.45) is 14.1 Å². The van der Waals surface area contributed by atoms with Gasteiger partial charge in [0.05, 0.1) is 16.6 Å². The standard InChI is InChI=1S/C23H23N7O3/c1-13(2)20-25-16-8-6-5-7-15(16)21-26-29(23(33)30(20)21)12-19(31)24-14-9-10-17-18(11-14)28(4)22(32)27(17)3/h5-11,13H,12H2,1-4H3,(H,24,31). The maximum atomic E-state index is 13.1. The van der Waals surface area contributed by atoms with Crippen molar-refractivity contribution in [3.8, 4) is 0 Å². The van der Waals surface area contributed by atoms with Crippen molar-refractivity contribution in [1.29, 1.82) is 0 Å². The van der Waals surface area contributed by atoms with Gasteiger partial charge in [-0.1, -0.05) is 26.0 Å². The minimum Gasteiger partial charge on any atom is -0.324 e. The molecule has 168 valence electrons. The molecule has 5 rings (SSSR count). The van der Waals surface area contributed by atoms with Crippen molar-refractivity contribution in [1.82, 2.24) is 28.3 Å². The van der Waals surface area contributed by atoms with Gasteiger partial charge in [0.1, 0.15) is 12.4 Å². The van der Waals surface area contributed by atoms with Crippen LogP contribution in [0.3, 0.4) is 0 Å². The number of nitrogens with one attached hydrogen (secondary N) is 1. The number of amides is 1. The maximum absolute atomic E-state index is 13.1. The highest BCUT2D eigenvalue weighted by molar-refractivity contribution is 5.93. The number of fused-ring (bicyclic) bond motifs is 4. The summed E-state index contributed by atoms with van der Waals surface area (Å²) < 4.78 is 5.69. The number of imidazole rings is 1. The van der Waals surface area contributed by atoms with E-state index in [4.69, 9.17) is 0 Å². The lowest BCUT2D eigenvalue weighted by Crippen LogP contribution is -2.29. The summed E-state index contributed by atoms with van der Waals surface area (Å²) in [7, 11) is 3.37. The molecule has 0 saturated heterocycles. The minimum absolute atomic E-state index is 0.00877. The molecule has 0 atom stereocenters. The van der Waals surface area contributed by atoms with E-state index in [1.54, 1.807) is 36.9 Å². The van der Waals surface area contributed by atoms with Crippen molar-refractivity contribution in [3.05, 3.63) is 69.3 Å². The summed E-state index contributed by atoms with van der Waals surface area (Å²) >= 11 is 0. The third kappa shape index (κ3) is 3.22. The number of anilines is 1. The van der Waals surface area contributed by atoms with Crippen LogP contribution >= 0.6 is 0 Å². The molecule has 5 aromatic rings. The molecule has 2 aromatic carbocycles. The molecule has 0 saturated carbocycles. The van der Waals surface area contributed by atoms with Gasteiger partial charge in [-0.15, -0.1) is 5.10 Å². The minimum atomic E-state index is -0.414. The van der Waals surface area contributed by atoms with Crippen LogP contribution in [0.2, 0.25) is 0 Å². The lowest BCUT2D eigenvalue weighted by Gasteiger charge is -2.08. The monoisotopic (exact) mass is 445 g/mol. The molecule has 10 heteroatoms. The van der Waals surface area contributed by atoms with Gasteiger partial charge in [0.25, 0.3) is 0 Å². The molecule has 0 bridgehead atoms. The number of hydrogen-bond donors (Lipinski definition) is 1. The number of carbonyl (C=O) groups excluding carboxylic acids is 1. The topological polar surface area (TPSA) is 108 Å². The van der Waals surface area contributed by atoms with Crippen LogP contribution in [-0.4, -0.2) is 34.2 Å². The van der Waals surface area contributed by atoms with E-state index in [0.717, 1.165) is 21.1 Å². The van der Waals surface area contributed by atoms with Crippen molar-refractivity contribution >= 4 is 39.2 Å². The molecule has 10 nitrogen and oxygen atoms in total. The molecule has 0 aliphatic carbocycles. The molecule has 1 amide bonds. The average molecular weight is 445 g/mol. The molecule has 33 heavy (non-hydrogen) atoms. The van der Waals surface area contributed by atoms with E-state index in [2.05, 4.69) is 15.4 Å². The number of aromatic nitrogens is 6. The van der Waals surface area contributed by atoms with E-state index in [1.807, 2.05) is 38.1 Å². The van der Waals surface area contributed by atoms with E-state index >= 15 is 0 Å². The van der Waals surface area contributed by atoms with Gasteiger partial charge in [-0.3, -0.25) is 13.9 Å². The normalized spacial score (nSPS) is 11.8. The Balaban J connectivity index is 1.52. The second kappa shape index (κ2) is 7.44. The molecule has 3 heterocycles. The molecule has 0 fully saturated rings. The van der Waals surface area contributed by atoms with E-state index in [1.165, 1.54) is 8.97 Å². The van der Waals surface area contributed by atoms with E-state index in [-0.39, 0.29) is 18.2 Å². The first-order valence-electron chi connectivity index (χ1n) is 10.6. The Kier molecular flexibility index (Phi) is 4.66. The Hall–Kier alpha value is -4.21. The van der Waals surface area contributed by atoms with Crippen LogP contribution in [-0.2, 0) is 25.4 Å². The van der Waals surface area contributed by atoms with Gasteiger partial charge < -0.3 is 5.32 Å². The second-order valence-corrected chi connectivity index (χ2v) is 8.39. The largest absolute Gasteiger partial charge is 0.352 e. The van der Waals surface area contributed by atoms with Gasteiger partial charge in [0.15, 0.2) is 5.65 Å². The highest BCUT2D eigenvalue weighted by atomic mass is 16.2. The quantitative estimate of drug-likeness (QED) is 0.455. The van der Waals surface area contributed by atoms with Gasteiger partial charge >= 0.3 is 11.4 Å². The van der Waals surface area contributed by atoms with Crippen molar-refractivity contribution in [3.63, 3.8) is 0 Å². The molecule has 1 N–H and O–H groups in total. The molecular formula is C23H23N7O3. The van der Waals surface area contributed by atoms with Gasteiger partial charge in [-0.2, -0.15) is 0 Å². The van der Waals surface area contributed by atoms with Crippen LogP contribution in [0.15, 0.2) is 52.1 Å². The van der Waals surface area contributed by atoms with Crippen molar-refractivity contribution in [2.45, 2.75) is 26.3 Å². The molecule has 3 aromatic heterocycles. The summed E-state index contributed by atoms with van der Waals surface area (Å²) in [5.41, 5.74) is 2.65. The molecular weight excluding hydrogens is 422 g/mol. The number of nitrogens with zero attached hydrogens (tertiary/aromatic N) is 6. The lowest BCUT2D eigenvalue weighted by atomic mass is 10.2. The van der Waals surface area contributed by atoms with Crippen LogP contribution in [0, 0.1) is 0 Å². The first-order chi connectivity index (χ1) is 15.8. The van der Waals surface area contributed by atoms with E-state index < -0.39 is 11.6 Å². The SMILES string of the molecule is CC(C)c1nc2ccccc2c2nn(CC(=O)Nc3ccc4c(c3)n(C)c(=O)n4C)c(=O)n12. The number of rotatable bonds is 4. The summed E-state index contributed by atoms with van der Waals surface area (Å²) in [5.74, 6) is 0.186. The second-order valence-electron chi connectivity index (χ2n) is 8.39. The van der Waals surface area contributed by atoms with E-state index in [0.29, 0.717) is 22.7 Å². The number of carbonyl (C=O) groups is 1. The average Bonchev–Trinajstić information content (AvgIpc) is 3.22. The van der Waals surface area contributed by atoms with Crippen molar-refractivity contribution < 1.29 is 4.79 Å². The number of aryl methyl sites for hydroxylation is 2. The van der Waals surface area contributed by atoms with E-state index in [9.17, 15) is 14.4 Å².